The minimum absolute atomic E-state index is 1.11. The third-order valence-electron chi connectivity index (χ3n) is 10.5. The molecule has 0 spiro atoms. The van der Waals surface area contributed by atoms with Crippen molar-refractivity contribution in [3.8, 4) is 5.69 Å². The highest BCUT2D eigenvalue weighted by molar-refractivity contribution is 8.27. The Morgan fingerprint density at radius 3 is 1.32 bits per heavy atom. The van der Waals surface area contributed by atoms with Crippen molar-refractivity contribution in [2.24, 2.45) is 0 Å². The van der Waals surface area contributed by atoms with Gasteiger partial charge < -0.3 is 9.47 Å². The van der Waals surface area contributed by atoms with Crippen LogP contribution >= 0.6 is 12.1 Å². The van der Waals surface area contributed by atoms with Crippen molar-refractivity contribution in [1.29, 1.82) is 0 Å². The SMILES string of the molecule is Cc1ccc2c(c1)P(=S)(c1ccccc1)c1cc(-n3c4ccccc4c4ccccc43)cc3c1N2c1ccc(C)cc1P3(=S)c1ccccc1. The van der Waals surface area contributed by atoms with E-state index in [1.807, 2.05) is 0 Å². The summed E-state index contributed by atoms with van der Waals surface area (Å²) in [5.74, 6) is 0. The minimum atomic E-state index is -2.59. The molecule has 7 aromatic carbocycles. The fourth-order valence-corrected chi connectivity index (χ4v) is 17.0. The van der Waals surface area contributed by atoms with Crippen molar-refractivity contribution < 1.29 is 0 Å². The average Bonchev–Trinajstić information content (AvgIpc) is 3.50. The Morgan fingerprint density at radius 1 is 0.440 bits per heavy atom. The number of fused-ring (bicyclic) bond motifs is 7. The summed E-state index contributed by atoms with van der Waals surface area (Å²) in [4.78, 5) is 2.50. The molecule has 10 rings (SSSR count). The van der Waals surface area contributed by atoms with Gasteiger partial charge in [-0.05, 0) is 73.0 Å². The van der Waals surface area contributed by atoms with Gasteiger partial charge in [-0.25, -0.2) is 0 Å². The van der Waals surface area contributed by atoms with Crippen molar-refractivity contribution in [3.05, 3.63) is 169 Å². The Bertz CT molecular complexity index is 2620. The first-order chi connectivity index (χ1) is 24.4. The van der Waals surface area contributed by atoms with E-state index in [1.54, 1.807) is 0 Å². The van der Waals surface area contributed by atoms with Crippen LogP contribution in [0.2, 0.25) is 0 Å². The Hall–Kier alpha value is -4.56. The van der Waals surface area contributed by atoms with Crippen molar-refractivity contribution in [2.45, 2.75) is 13.8 Å². The first-order valence-corrected chi connectivity index (χ1v) is 22.5. The molecule has 3 heterocycles. The lowest BCUT2D eigenvalue weighted by molar-refractivity contribution is 1.18. The molecule has 240 valence electrons. The molecule has 2 atom stereocenters. The van der Waals surface area contributed by atoms with Crippen molar-refractivity contribution in [3.63, 3.8) is 0 Å². The van der Waals surface area contributed by atoms with Gasteiger partial charge >= 0.3 is 0 Å². The summed E-state index contributed by atoms with van der Waals surface area (Å²) in [6.45, 7) is 4.37. The first kappa shape index (κ1) is 30.3. The summed E-state index contributed by atoms with van der Waals surface area (Å²) < 4.78 is 2.44. The fourth-order valence-electron chi connectivity index (χ4n) is 8.24. The minimum Gasteiger partial charge on any atom is -0.309 e. The van der Waals surface area contributed by atoms with Gasteiger partial charge in [0.1, 0.15) is 0 Å². The van der Waals surface area contributed by atoms with E-state index in [0.29, 0.717) is 0 Å². The highest BCUT2D eigenvalue weighted by Crippen LogP contribution is 2.61. The Balaban J connectivity index is 1.44. The number of hydrogen-bond donors (Lipinski definition) is 0. The zero-order valence-corrected chi connectivity index (χ0v) is 31.0. The van der Waals surface area contributed by atoms with Crippen LogP contribution < -0.4 is 36.7 Å². The van der Waals surface area contributed by atoms with Crippen LogP contribution in [0, 0.1) is 13.8 Å². The normalized spacial score (nSPS) is 18.9. The molecule has 0 amide bonds. The smallest absolute Gasteiger partial charge is 0.0645 e. The zero-order chi connectivity index (χ0) is 33.8. The van der Waals surface area contributed by atoms with Crippen LogP contribution in [0.4, 0.5) is 17.1 Å². The van der Waals surface area contributed by atoms with E-state index in [9.17, 15) is 0 Å². The molecule has 0 saturated heterocycles. The number of anilines is 3. The third-order valence-corrected chi connectivity index (χ3v) is 20.2. The number of para-hydroxylation sites is 2. The average molecular weight is 715 g/mol. The van der Waals surface area contributed by atoms with Gasteiger partial charge in [-0.1, -0.05) is 144 Å². The maximum absolute atomic E-state index is 7.22. The highest BCUT2D eigenvalue weighted by Gasteiger charge is 2.46. The van der Waals surface area contributed by atoms with Gasteiger partial charge in [-0.15, -0.1) is 0 Å². The fraction of sp³-hybridized carbons (Fsp3) is 0.0455. The predicted molar refractivity (Wildman–Crippen MR) is 224 cm³/mol. The molecule has 0 bridgehead atoms. The van der Waals surface area contributed by atoms with E-state index >= 15 is 0 Å². The number of aryl methyl sites for hydroxylation is 2. The van der Waals surface area contributed by atoms with E-state index in [-0.39, 0.29) is 0 Å². The number of nitrogens with zero attached hydrogens (tertiary/aromatic N) is 2. The Morgan fingerprint density at radius 2 is 0.860 bits per heavy atom. The molecule has 0 aliphatic carbocycles. The van der Waals surface area contributed by atoms with Gasteiger partial charge in [0.05, 0.1) is 28.1 Å². The van der Waals surface area contributed by atoms with E-state index < -0.39 is 12.1 Å². The molecule has 6 heteroatoms. The van der Waals surface area contributed by atoms with Crippen LogP contribution in [0.1, 0.15) is 11.1 Å². The van der Waals surface area contributed by atoms with Crippen LogP contribution in [-0.2, 0) is 23.6 Å². The second-order valence-electron chi connectivity index (χ2n) is 13.4. The van der Waals surface area contributed by atoms with Gasteiger partial charge in [0.15, 0.2) is 0 Å². The molecule has 0 saturated carbocycles. The van der Waals surface area contributed by atoms with Crippen LogP contribution in [0.15, 0.2) is 158 Å². The van der Waals surface area contributed by atoms with Gasteiger partial charge in [0.2, 0.25) is 0 Å². The van der Waals surface area contributed by atoms with Gasteiger partial charge in [0.25, 0.3) is 0 Å². The molecule has 2 aliphatic rings. The molecule has 0 fully saturated rings. The molecular weight excluding hydrogens is 683 g/mol. The van der Waals surface area contributed by atoms with Crippen LogP contribution in [-0.4, -0.2) is 4.57 Å². The summed E-state index contributed by atoms with van der Waals surface area (Å²) in [6.07, 6.45) is 0. The van der Waals surface area contributed by atoms with E-state index in [0.717, 1.165) is 5.69 Å². The molecular formula is C44H32N2P2S2. The Kier molecular flexibility index (Phi) is 6.64. The lowest BCUT2D eigenvalue weighted by Gasteiger charge is -2.47. The lowest BCUT2D eigenvalue weighted by Crippen LogP contribution is -2.46. The zero-order valence-electron chi connectivity index (χ0n) is 27.6. The molecule has 2 unspecified atom stereocenters. The summed E-state index contributed by atoms with van der Waals surface area (Å²) in [5.41, 5.74) is 9.41. The number of aromatic nitrogens is 1. The molecule has 1 aromatic heterocycles. The lowest BCUT2D eigenvalue weighted by atomic mass is 10.1. The molecule has 0 N–H and O–H groups in total. The molecule has 50 heavy (non-hydrogen) atoms. The van der Waals surface area contributed by atoms with Crippen LogP contribution in [0.3, 0.4) is 0 Å². The van der Waals surface area contributed by atoms with E-state index in [1.165, 1.54) is 81.8 Å². The van der Waals surface area contributed by atoms with Crippen molar-refractivity contribution >= 4 is 106 Å². The molecule has 8 aromatic rings. The standard InChI is InChI=1S/C44H32N2P2S2/c1-29-21-23-38-40(25-29)47(49,32-13-5-3-6-14-32)42-27-31(45-36-19-11-9-17-34(36)35-18-10-12-20-37(35)45)28-43-44(42)46(38)39-24-22-30(2)26-41(39)48(43,50)33-15-7-4-8-16-33/h3-28H,1-2H3. The summed E-state index contributed by atoms with van der Waals surface area (Å²) in [5, 5.41) is 9.77. The van der Waals surface area contributed by atoms with Gasteiger partial charge in [0, 0.05) is 49.8 Å². The maximum Gasteiger partial charge on any atom is 0.0645 e. The second kappa shape index (κ2) is 11.0. The van der Waals surface area contributed by atoms with Crippen molar-refractivity contribution in [1.82, 2.24) is 4.57 Å². The van der Waals surface area contributed by atoms with Gasteiger partial charge in [-0.3, -0.25) is 0 Å². The number of rotatable bonds is 3. The quantitative estimate of drug-likeness (QED) is 0.169. The first-order valence-electron chi connectivity index (χ1n) is 16.9. The van der Waals surface area contributed by atoms with E-state index in [2.05, 4.69) is 181 Å². The highest BCUT2D eigenvalue weighted by atomic mass is 32.4. The molecule has 2 aliphatic heterocycles. The van der Waals surface area contributed by atoms with E-state index in [4.69, 9.17) is 23.6 Å². The molecule has 2 nitrogen and oxygen atoms in total. The summed E-state index contributed by atoms with van der Waals surface area (Å²) in [6, 6.07) is 52.7. The van der Waals surface area contributed by atoms with Crippen molar-refractivity contribution in [2.75, 3.05) is 4.90 Å². The topological polar surface area (TPSA) is 8.17 Å². The second-order valence-corrected chi connectivity index (χ2v) is 22.1. The largest absolute Gasteiger partial charge is 0.309 e. The van der Waals surface area contributed by atoms with Gasteiger partial charge in [-0.2, -0.15) is 0 Å². The number of hydrogen-bond acceptors (Lipinski definition) is 3. The maximum atomic E-state index is 7.22. The monoisotopic (exact) mass is 714 g/mol. The third kappa shape index (κ3) is 4.02. The van der Waals surface area contributed by atoms with Crippen LogP contribution in [0.5, 0.6) is 0 Å². The van der Waals surface area contributed by atoms with Crippen LogP contribution in [0.25, 0.3) is 27.5 Å². The predicted octanol–water partition coefficient (Wildman–Crippen LogP) is 9.01. The Labute approximate surface area is 302 Å². The summed E-state index contributed by atoms with van der Waals surface area (Å²) >= 11 is 14.4. The molecule has 0 radical (unpaired) electrons. The summed E-state index contributed by atoms with van der Waals surface area (Å²) in [7, 11) is 0. The number of benzene rings is 7.